The van der Waals surface area contributed by atoms with Crippen LogP contribution in [0, 0.1) is 0 Å². The first-order chi connectivity index (χ1) is 15.1. The predicted molar refractivity (Wildman–Crippen MR) is 105 cm³/mol. The first-order valence-electron chi connectivity index (χ1n) is 9.19. The van der Waals surface area contributed by atoms with Crippen molar-refractivity contribution in [2.24, 2.45) is 0 Å². The fourth-order valence-corrected chi connectivity index (χ4v) is 3.38. The molecule has 1 aromatic heterocycles. The normalized spacial score (nSPS) is 23.0. The van der Waals surface area contributed by atoms with Gasteiger partial charge in [-0.25, -0.2) is 0 Å². The molecular formula is C20H18O12. The first-order valence-corrected chi connectivity index (χ1v) is 9.19. The van der Waals surface area contributed by atoms with E-state index in [1.165, 1.54) is 0 Å². The molecule has 1 fully saturated rings. The van der Waals surface area contributed by atoms with E-state index in [-0.39, 0.29) is 11.1 Å². The lowest BCUT2D eigenvalue weighted by atomic mass is 10.1. The highest BCUT2D eigenvalue weighted by atomic mass is 16.7. The number of hydrogen-bond acceptors (Lipinski definition) is 12. The van der Waals surface area contributed by atoms with E-state index in [2.05, 4.69) is 0 Å². The van der Waals surface area contributed by atoms with Gasteiger partial charge in [0.1, 0.15) is 40.8 Å². The Hall–Kier alpha value is -3.71. The van der Waals surface area contributed by atoms with Gasteiger partial charge in [-0.3, -0.25) is 4.79 Å². The van der Waals surface area contributed by atoms with E-state index in [4.69, 9.17) is 13.9 Å². The molecule has 4 rings (SSSR count). The van der Waals surface area contributed by atoms with Crippen LogP contribution in [0.3, 0.4) is 0 Å². The van der Waals surface area contributed by atoms with Gasteiger partial charge in [0.2, 0.25) is 17.5 Å². The number of aliphatic hydroxyl groups is 3. The topological polar surface area (TPSA) is 211 Å². The van der Waals surface area contributed by atoms with E-state index in [1.807, 2.05) is 0 Å². The average molecular weight is 450 g/mol. The van der Waals surface area contributed by atoms with E-state index >= 15 is 0 Å². The summed E-state index contributed by atoms with van der Waals surface area (Å²) < 4.78 is 16.3. The van der Waals surface area contributed by atoms with Crippen molar-refractivity contribution in [2.75, 3.05) is 6.61 Å². The summed E-state index contributed by atoms with van der Waals surface area (Å²) in [7, 11) is 0. The van der Waals surface area contributed by atoms with E-state index in [0.717, 1.165) is 24.3 Å². The average Bonchev–Trinajstić information content (AvgIpc) is 3.00. The largest absolute Gasteiger partial charge is 0.508 e. The molecule has 0 bridgehead atoms. The molecule has 0 saturated carbocycles. The second-order valence-corrected chi connectivity index (χ2v) is 7.12. The van der Waals surface area contributed by atoms with Crippen LogP contribution in [0.2, 0.25) is 0 Å². The zero-order valence-corrected chi connectivity index (χ0v) is 16.0. The molecule has 2 aromatic carbocycles. The fourth-order valence-electron chi connectivity index (χ4n) is 3.38. The molecule has 32 heavy (non-hydrogen) atoms. The Morgan fingerprint density at radius 3 is 2.16 bits per heavy atom. The van der Waals surface area contributed by atoms with Gasteiger partial charge in [-0.2, -0.15) is 0 Å². The lowest BCUT2D eigenvalue weighted by Crippen LogP contribution is -2.36. The van der Waals surface area contributed by atoms with Crippen molar-refractivity contribution >= 4 is 11.0 Å². The van der Waals surface area contributed by atoms with Gasteiger partial charge in [0, 0.05) is 17.7 Å². The summed E-state index contributed by atoms with van der Waals surface area (Å²) >= 11 is 0. The number of rotatable bonds is 4. The van der Waals surface area contributed by atoms with Crippen LogP contribution in [0.4, 0.5) is 0 Å². The molecule has 12 nitrogen and oxygen atoms in total. The molecule has 1 saturated heterocycles. The molecule has 2 heterocycles. The van der Waals surface area contributed by atoms with Crippen molar-refractivity contribution in [3.63, 3.8) is 0 Å². The van der Waals surface area contributed by atoms with Crippen LogP contribution >= 0.6 is 0 Å². The minimum Gasteiger partial charge on any atom is -0.508 e. The van der Waals surface area contributed by atoms with Gasteiger partial charge >= 0.3 is 0 Å². The SMILES string of the molecule is O=c1c(O[C@H]2O[C@H](CO)[C@@H](O)[C@H]2O)c(-c2cc(O)c(O)c(O)c2)oc2cc(O)cc(O)c12. The Morgan fingerprint density at radius 1 is 0.906 bits per heavy atom. The third kappa shape index (κ3) is 3.40. The van der Waals surface area contributed by atoms with Crippen molar-refractivity contribution in [3.8, 4) is 45.8 Å². The molecule has 0 unspecified atom stereocenters. The molecule has 4 atom stereocenters. The monoisotopic (exact) mass is 450 g/mol. The van der Waals surface area contributed by atoms with Crippen molar-refractivity contribution < 1.29 is 54.7 Å². The molecule has 1 aliphatic heterocycles. The van der Waals surface area contributed by atoms with Gasteiger partial charge in [0.15, 0.2) is 23.0 Å². The summed E-state index contributed by atoms with van der Waals surface area (Å²) in [5, 5.41) is 78.1. The van der Waals surface area contributed by atoms with Gasteiger partial charge < -0.3 is 54.7 Å². The predicted octanol–water partition coefficient (Wildman–Crippen LogP) is -0.194. The second kappa shape index (κ2) is 7.76. The third-order valence-electron chi connectivity index (χ3n) is 4.98. The van der Waals surface area contributed by atoms with E-state index in [1.54, 1.807) is 0 Å². The molecular weight excluding hydrogens is 432 g/mol. The number of aromatic hydroxyl groups is 5. The molecule has 12 heteroatoms. The van der Waals surface area contributed by atoms with Crippen LogP contribution in [0.25, 0.3) is 22.3 Å². The summed E-state index contributed by atoms with van der Waals surface area (Å²) in [5.41, 5.74) is -1.44. The summed E-state index contributed by atoms with van der Waals surface area (Å²) in [4.78, 5) is 13.2. The maximum atomic E-state index is 13.2. The standard InChI is InChI=1S/C20H18O12/c21-5-12-15(27)17(29)20(31-12)32-19-16(28)13-8(23)3-7(22)4-11(13)30-18(19)6-1-9(24)14(26)10(25)2-6/h1-4,12,15,17,20-27,29H,5H2/t12-,15-,17-,20-/m1/s1. The molecule has 1 aliphatic rings. The number of ether oxygens (including phenoxy) is 2. The van der Waals surface area contributed by atoms with Gasteiger partial charge in [-0.05, 0) is 12.1 Å². The number of phenolic OH excluding ortho intramolecular Hbond substituents is 5. The van der Waals surface area contributed by atoms with Crippen molar-refractivity contribution in [3.05, 3.63) is 34.5 Å². The van der Waals surface area contributed by atoms with E-state index in [9.17, 15) is 45.6 Å². The Morgan fingerprint density at radius 2 is 1.56 bits per heavy atom. The number of hydrogen-bond donors (Lipinski definition) is 8. The Labute approximate surface area is 178 Å². The Balaban J connectivity index is 1.95. The molecule has 0 radical (unpaired) electrons. The molecule has 170 valence electrons. The Kier molecular flexibility index (Phi) is 5.22. The lowest BCUT2D eigenvalue weighted by molar-refractivity contribution is -0.117. The van der Waals surface area contributed by atoms with Gasteiger partial charge in [-0.1, -0.05) is 0 Å². The molecule has 0 aliphatic carbocycles. The number of phenols is 5. The van der Waals surface area contributed by atoms with Crippen LogP contribution in [0.5, 0.6) is 34.5 Å². The second-order valence-electron chi connectivity index (χ2n) is 7.12. The smallest absolute Gasteiger partial charge is 0.239 e. The highest BCUT2D eigenvalue weighted by molar-refractivity contribution is 5.88. The van der Waals surface area contributed by atoms with Crippen LogP contribution in [-0.4, -0.2) is 72.1 Å². The minimum atomic E-state index is -1.68. The van der Waals surface area contributed by atoms with E-state index < -0.39 is 82.3 Å². The van der Waals surface area contributed by atoms with Gasteiger partial charge in [0.05, 0.1) is 6.61 Å². The van der Waals surface area contributed by atoms with Crippen LogP contribution in [-0.2, 0) is 4.74 Å². The Bertz CT molecular complexity index is 1230. The van der Waals surface area contributed by atoms with Gasteiger partial charge in [0.25, 0.3) is 0 Å². The quantitative estimate of drug-likeness (QED) is 0.243. The van der Waals surface area contributed by atoms with Crippen molar-refractivity contribution in [1.29, 1.82) is 0 Å². The fraction of sp³-hybridized carbons (Fsp3) is 0.250. The minimum absolute atomic E-state index is 0.165. The van der Waals surface area contributed by atoms with Gasteiger partial charge in [-0.15, -0.1) is 0 Å². The maximum Gasteiger partial charge on any atom is 0.239 e. The highest BCUT2D eigenvalue weighted by Crippen LogP contribution is 2.43. The zero-order chi connectivity index (χ0) is 23.3. The third-order valence-corrected chi connectivity index (χ3v) is 4.98. The summed E-state index contributed by atoms with van der Waals surface area (Å²) in [5.74, 6) is -4.53. The molecule has 8 N–H and O–H groups in total. The number of aliphatic hydroxyl groups excluding tert-OH is 3. The molecule has 0 amide bonds. The summed E-state index contributed by atoms with van der Waals surface area (Å²) in [6.45, 7) is -0.656. The van der Waals surface area contributed by atoms with E-state index in [0.29, 0.717) is 0 Å². The van der Waals surface area contributed by atoms with Crippen LogP contribution in [0.1, 0.15) is 0 Å². The first kappa shape index (κ1) is 21.5. The number of benzene rings is 2. The summed E-state index contributed by atoms with van der Waals surface area (Å²) in [6.07, 6.45) is -6.06. The molecule has 3 aromatic rings. The van der Waals surface area contributed by atoms with Crippen molar-refractivity contribution in [2.45, 2.75) is 24.6 Å². The lowest BCUT2D eigenvalue weighted by Gasteiger charge is -2.19. The highest BCUT2D eigenvalue weighted by Gasteiger charge is 2.44. The zero-order valence-electron chi connectivity index (χ0n) is 16.0. The van der Waals surface area contributed by atoms with Crippen LogP contribution < -0.4 is 10.2 Å². The molecule has 0 spiro atoms. The van der Waals surface area contributed by atoms with Crippen molar-refractivity contribution in [1.82, 2.24) is 0 Å². The summed E-state index contributed by atoms with van der Waals surface area (Å²) in [6, 6.07) is 3.78. The van der Waals surface area contributed by atoms with Crippen LogP contribution in [0.15, 0.2) is 33.5 Å². The number of fused-ring (bicyclic) bond motifs is 1. The maximum absolute atomic E-state index is 13.2.